The van der Waals surface area contributed by atoms with Gasteiger partial charge in [0.05, 0.1) is 5.38 Å². The molecule has 1 unspecified atom stereocenters. The van der Waals surface area contributed by atoms with Gasteiger partial charge < -0.3 is 0 Å². The van der Waals surface area contributed by atoms with E-state index in [1.807, 2.05) is 0 Å². The molecule has 0 aliphatic heterocycles. The monoisotopic (exact) mass is 302 g/mol. The van der Waals surface area contributed by atoms with Crippen LogP contribution in [0.4, 0.5) is 4.39 Å². The minimum Gasteiger partial charge on any atom is -0.207 e. The predicted octanol–water partition coefficient (Wildman–Crippen LogP) is 5.77. The Balaban J connectivity index is 2.41. The van der Waals surface area contributed by atoms with E-state index in [9.17, 15) is 4.39 Å². The zero-order chi connectivity index (χ0) is 13.3. The van der Waals surface area contributed by atoms with Gasteiger partial charge in [-0.3, -0.25) is 0 Å². The van der Waals surface area contributed by atoms with Crippen molar-refractivity contribution in [2.24, 2.45) is 0 Å². The summed E-state index contributed by atoms with van der Waals surface area (Å²) >= 11 is 18.3. The number of hydrogen-bond donors (Lipinski definition) is 0. The van der Waals surface area contributed by atoms with Crippen molar-refractivity contribution in [3.8, 4) is 0 Å². The van der Waals surface area contributed by atoms with E-state index >= 15 is 0 Å². The standard InChI is InChI=1S/C14H10Cl3F/c1-8-6-9(2-5-13(8)18)14(17)11-4-3-10(15)7-12(11)16/h2-7,14H,1H3. The fourth-order valence-corrected chi connectivity index (χ4v) is 2.61. The first-order chi connectivity index (χ1) is 8.49. The van der Waals surface area contributed by atoms with Crippen LogP contribution >= 0.6 is 34.8 Å². The van der Waals surface area contributed by atoms with Crippen molar-refractivity contribution >= 4 is 34.8 Å². The molecule has 0 saturated heterocycles. The zero-order valence-electron chi connectivity index (χ0n) is 9.55. The minimum absolute atomic E-state index is 0.246. The van der Waals surface area contributed by atoms with Crippen LogP contribution in [0.1, 0.15) is 22.1 Å². The summed E-state index contributed by atoms with van der Waals surface area (Å²) in [5.74, 6) is -0.246. The first-order valence-corrected chi connectivity index (χ1v) is 6.53. The van der Waals surface area contributed by atoms with Crippen molar-refractivity contribution in [2.45, 2.75) is 12.3 Å². The molecule has 0 N–H and O–H groups in total. The highest BCUT2D eigenvalue weighted by molar-refractivity contribution is 6.36. The van der Waals surface area contributed by atoms with Crippen LogP contribution in [0.5, 0.6) is 0 Å². The Hall–Kier alpha value is -0.760. The molecule has 0 radical (unpaired) electrons. The van der Waals surface area contributed by atoms with E-state index in [1.165, 1.54) is 6.07 Å². The highest BCUT2D eigenvalue weighted by Gasteiger charge is 2.15. The highest BCUT2D eigenvalue weighted by Crippen LogP contribution is 2.35. The molecule has 2 aromatic carbocycles. The fourth-order valence-electron chi connectivity index (χ4n) is 1.71. The topological polar surface area (TPSA) is 0 Å². The van der Waals surface area contributed by atoms with Gasteiger partial charge in [-0.15, -0.1) is 11.6 Å². The van der Waals surface area contributed by atoms with Crippen molar-refractivity contribution in [1.29, 1.82) is 0 Å². The predicted molar refractivity (Wildman–Crippen MR) is 75.3 cm³/mol. The summed E-state index contributed by atoms with van der Waals surface area (Å²) in [4.78, 5) is 0. The summed E-state index contributed by atoms with van der Waals surface area (Å²) in [5, 5.41) is 0.640. The minimum atomic E-state index is -0.422. The Bertz CT molecular complexity index is 581. The van der Waals surface area contributed by atoms with E-state index in [0.29, 0.717) is 15.6 Å². The summed E-state index contributed by atoms with van der Waals surface area (Å²) in [7, 11) is 0. The lowest BCUT2D eigenvalue weighted by molar-refractivity contribution is 0.617. The smallest absolute Gasteiger partial charge is 0.126 e. The number of aryl methyl sites for hydroxylation is 1. The average Bonchev–Trinajstić information content (AvgIpc) is 2.32. The molecule has 0 nitrogen and oxygen atoms in total. The van der Waals surface area contributed by atoms with Gasteiger partial charge in [-0.2, -0.15) is 0 Å². The summed E-state index contributed by atoms with van der Waals surface area (Å²) in [6.07, 6.45) is 0. The quantitative estimate of drug-likeness (QED) is 0.618. The number of alkyl halides is 1. The zero-order valence-corrected chi connectivity index (χ0v) is 11.8. The molecule has 0 spiro atoms. The molecule has 0 aromatic heterocycles. The average molecular weight is 304 g/mol. The molecule has 0 heterocycles. The fraction of sp³-hybridized carbons (Fsp3) is 0.143. The molecule has 1 atom stereocenters. The van der Waals surface area contributed by atoms with Gasteiger partial charge in [-0.1, -0.05) is 41.4 Å². The Morgan fingerprint density at radius 1 is 1.06 bits per heavy atom. The van der Waals surface area contributed by atoms with Crippen molar-refractivity contribution in [2.75, 3.05) is 0 Å². The van der Waals surface area contributed by atoms with Gasteiger partial charge in [-0.05, 0) is 41.8 Å². The second-order valence-corrected chi connectivity index (χ2v) is 5.32. The number of hydrogen-bond acceptors (Lipinski definition) is 0. The molecule has 18 heavy (non-hydrogen) atoms. The lowest BCUT2D eigenvalue weighted by Crippen LogP contribution is -1.96. The van der Waals surface area contributed by atoms with E-state index in [2.05, 4.69) is 0 Å². The summed E-state index contributed by atoms with van der Waals surface area (Å²) < 4.78 is 13.2. The first-order valence-electron chi connectivity index (χ1n) is 5.34. The van der Waals surface area contributed by atoms with Gasteiger partial charge in [0.15, 0.2) is 0 Å². The SMILES string of the molecule is Cc1cc(C(Cl)c2ccc(Cl)cc2Cl)ccc1F. The molecule has 4 heteroatoms. The van der Waals surface area contributed by atoms with Gasteiger partial charge in [0.25, 0.3) is 0 Å². The van der Waals surface area contributed by atoms with Crippen LogP contribution in [0.2, 0.25) is 10.0 Å². The van der Waals surface area contributed by atoms with E-state index in [-0.39, 0.29) is 5.82 Å². The van der Waals surface area contributed by atoms with Crippen LogP contribution in [0, 0.1) is 12.7 Å². The second-order valence-electron chi connectivity index (χ2n) is 4.04. The number of rotatable bonds is 2. The molecular weight excluding hydrogens is 294 g/mol. The molecular formula is C14H10Cl3F. The van der Waals surface area contributed by atoms with E-state index in [1.54, 1.807) is 37.3 Å². The summed E-state index contributed by atoms with van der Waals surface area (Å²) in [6, 6.07) is 9.94. The lowest BCUT2D eigenvalue weighted by Gasteiger charge is -2.13. The van der Waals surface area contributed by atoms with Gasteiger partial charge in [0, 0.05) is 10.0 Å². The van der Waals surface area contributed by atoms with Crippen molar-refractivity contribution in [3.63, 3.8) is 0 Å². The Labute approximate surface area is 120 Å². The van der Waals surface area contributed by atoms with Crippen LogP contribution in [-0.2, 0) is 0 Å². The van der Waals surface area contributed by atoms with Gasteiger partial charge >= 0.3 is 0 Å². The third-order valence-electron chi connectivity index (χ3n) is 2.71. The van der Waals surface area contributed by atoms with Crippen LogP contribution in [-0.4, -0.2) is 0 Å². The van der Waals surface area contributed by atoms with Crippen LogP contribution in [0.3, 0.4) is 0 Å². The largest absolute Gasteiger partial charge is 0.207 e. The van der Waals surface area contributed by atoms with Crippen molar-refractivity contribution < 1.29 is 4.39 Å². The maximum atomic E-state index is 13.2. The van der Waals surface area contributed by atoms with Crippen molar-refractivity contribution in [1.82, 2.24) is 0 Å². The Morgan fingerprint density at radius 3 is 2.39 bits per heavy atom. The van der Waals surface area contributed by atoms with Crippen LogP contribution < -0.4 is 0 Å². The van der Waals surface area contributed by atoms with Gasteiger partial charge in [0.2, 0.25) is 0 Å². The maximum Gasteiger partial charge on any atom is 0.126 e. The Kier molecular flexibility index (Phi) is 4.16. The number of halogens is 4. The highest BCUT2D eigenvalue weighted by atomic mass is 35.5. The first kappa shape index (κ1) is 13.7. The molecule has 2 aromatic rings. The second kappa shape index (κ2) is 5.48. The lowest BCUT2D eigenvalue weighted by atomic mass is 10.0. The normalized spacial score (nSPS) is 12.5. The molecule has 0 amide bonds. The molecule has 2 rings (SSSR count). The van der Waals surface area contributed by atoms with Crippen molar-refractivity contribution in [3.05, 3.63) is 69.0 Å². The van der Waals surface area contributed by atoms with Crippen LogP contribution in [0.25, 0.3) is 0 Å². The Morgan fingerprint density at radius 2 is 1.78 bits per heavy atom. The van der Waals surface area contributed by atoms with Gasteiger partial charge in [0.1, 0.15) is 5.82 Å². The molecule has 94 valence electrons. The number of benzene rings is 2. The summed E-state index contributed by atoms with van der Waals surface area (Å²) in [6.45, 7) is 1.70. The third-order valence-corrected chi connectivity index (χ3v) is 3.76. The van der Waals surface area contributed by atoms with Crippen LogP contribution in [0.15, 0.2) is 36.4 Å². The summed E-state index contributed by atoms with van der Waals surface area (Å²) in [5.41, 5.74) is 2.12. The molecule has 0 aliphatic rings. The molecule has 0 aliphatic carbocycles. The molecule has 0 bridgehead atoms. The van der Waals surface area contributed by atoms with E-state index in [4.69, 9.17) is 34.8 Å². The maximum absolute atomic E-state index is 13.2. The van der Waals surface area contributed by atoms with E-state index < -0.39 is 5.38 Å². The third kappa shape index (κ3) is 2.80. The molecule has 0 fully saturated rings. The van der Waals surface area contributed by atoms with E-state index in [0.717, 1.165) is 11.1 Å². The van der Waals surface area contributed by atoms with Gasteiger partial charge in [-0.25, -0.2) is 4.39 Å². The molecule has 0 saturated carbocycles.